The molecule has 17 heavy (non-hydrogen) atoms. The van der Waals surface area contributed by atoms with E-state index >= 15 is 0 Å². The van der Waals surface area contributed by atoms with E-state index in [9.17, 15) is 4.79 Å². The van der Waals surface area contributed by atoms with Gasteiger partial charge >= 0.3 is 0 Å². The second kappa shape index (κ2) is 6.35. The van der Waals surface area contributed by atoms with E-state index in [-0.39, 0.29) is 18.0 Å². The van der Waals surface area contributed by atoms with Gasteiger partial charge in [-0.05, 0) is 32.4 Å². The van der Waals surface area contributed by atoms with E-state index < -0.39 is 0 Å². The van der Waals surface area contributed by atoms with Crippen molar-refractivity contribution in [3.63, 3.8) is 0 Å². The molecular formula is C13H21N3O. The minimum Gasteiger partial charge on any atom is -0.342 e. The summed E-state index contributed by atoms with van der Waals surface area (Å²) in [5.41, 5.74) is 1.09. The Kier molecular flexibility index (Phi) is 5.10. The Hall–Kier alpha value is -1.42. The van der Waals surface area contributed by atoms with E-state index in [1.807, 2.05) is 46.1 Å². The average molecular weight is 235 g/mol. The molecule has 1 atom stereocenters. The van der Waals surface area contributed by atoms with E-state index in [0.717, 1.165) is 5.56 Å². The maximum atomic E-state index is 11.8. The summed E-state index contributed by atoms with van der Waals surface area (Å²) in [6, 6.07) is 4.27. The van der Waals surface area contributed by atoms with Gasteiger partial charge in [-0.2, -0.15) is 0 Å². The number of amides is 1. The number of aromatic nitrogens is 1. The van der Waals surface area contributed by atoms with Crippen LogP contribution in [-0.4, -0.2) is 35.4 Å². The monoisotopic (exact) mass is 235 g/mol. The molecule has 1 rings (SSSR count). The van der Waals surface area contributed by atoms with Crippen LogP contribution in [0.25, 0.3) is 0 Å². The van der Waals surface area contributed by atoms with E-state index in [2.05, 4.69) is 10.3 Å². The molecule has 0 spiro atoms. The first-order chi connectivity index (χ1) is 8.02. The van der Waals surface area contributed by atoms with Crippen molar-refractivity contribution in [3.05, 3.63) is 30.1 Å². The summed E-state index contributed by atoms with van der Waals surface area (Å²) in [6.07, 6.45) is 3.56. The second-order valence-corrected chi connectivity index (χ2v) is 4.49. The van der Waals surface area contributed by atoms with Crippen molar-refractivity contribution in [3.8, 4) is 0 Å². The molecule has 94 valence electrons. The third-order valence-corrected chi connectivity index (χ3v) is 2.91. The van der Waals surface area contributed by atoms with Crippen LogP contribution in [0.2, 0.25) is 0 Å². The summed E-state index contributed by atoms with van der Waals surface area (Å²) in [4.78, 5) is 17.6. The van der Waals surface area contributed by atoms with Gasteiger partial charge in [0.25, 0.3) is 0 Å². The van der Waals surface area contributed by atoms with Crippen LogP contribution in [0.3, 0.4) is 0 Å². The van der Waals surface area contributed by atoms with E-state index in [4.69, 9.17) is 0 Å². The van der Waals surface area contributed by atoms with Crippen LogP contribution < -0.4 is 5.32 Å². The number of rotatable bonds is 5. The predicted molar refractivity (Wildman–Crippen MR) is 68.6 cm³/mol. The Labute approximate surface area is 103 Å². The SMILES string of the molecule is CC(C)N(C)C(=O)CN[C@H](C)c1cccnc1. The van der Waals surface area contributed by atoms with Crippen molar-refractivity contribution in [1.29, 1.82) is 0 Å². The quantitative estimate of drug-likeness (QED) is 0.843. The molecule has 1 N–H and O–H groups in total. The molecule has 1 aromatic rings. The van der Waals surface area contributed by atoms with Crippen LogP contribution in [0, 0.1) is 0 Å². The largest absolute Gasteiger partial charge is 0.342 e. The highest BCUT2D eigenvalue weighted by molar-refractivity contribution is 5.78. The summed E-state index contributed by atoms with van der Waals surface area (Å²) in [5, 5.41) is 3.20. The summed E-state index contributed by atoms with van der Waals surface area (Å²) < 4.78 is 0. The van der Waals surface area contributed by atoms with Crippen LogP contribution >= 0.6 is 0 Å². The van der Waals surface area contributed by atoms with Gasteiger partial charge in [-0.15, -0.1) is 0 Å². The van der Waals surface area contributed by atoms with E-state index in [1.54, 1.807) is 11.1 Å². The lowest BCUT2D eigenvalue weighted by Crippen LogP contribution is -2.40. The van der Waals surface area contributed by atoms with Gasteiger partial charge < -0.3 is 10.2 Å². The van der Waals surface area contributed by atoms with Crippen molar-refractivity contribution >= 4 is 5.91 Å². The molecule has 0 saturated heterocycles. The normalized spacial score (nSPS) is 12.5. The van der Waals surface area contributed by atoms with E-state index in [0.29, 0.717) is 6.54 Å². The summed E-state index contributed by atoms with van der Waals surface area (Å²) in [5.74, 6) is 0.107. The number of carbonyl (C=O) groups is 1. The van der Waals surface area contributed by atoms with Crippen molar-refractivity contribution < 1.29 is 4.79 Å². The molecule has 0 aliphatic rings. The van der Waals surface area contributed by atoms with Crippen molar-refractivity contribution in [2.24, 2.45) is 0 Å². The molecule has 0 aliphatic carbocycles. The first-order valence-electron chi connectivity index (χ1n) is 5.91. The molecule has 0 aliphatic heterocycles. The summed E-state index contributed by atoms with van der Waals surface area (Å²) >= 11 is 0. The van der Waals surface area contributed by atoms with Crippen LogP contribution in [0.5, 0.6) is 0 Å². The number of pyridine rings is 1. The van der Waals surface area contributed by atoms with Gasteiger partial charge in [0.15, 0.2) is 0 Å². The highest BCUT2D eigenvalue weighted by Crippen LogP contribution is 2.09. The van der Waals surface area contributed by atoms with Gasteiger partial charge in [-0.25, -0.2) is 0 Å². The topological polar surface area (TPSA) is 45.2 Å². The van der Waals surface area contributed by atoms with Crippen LogP contribution in [-0.2, 0) is 4.79 Å². The highest BCUT2D eigenvalue weighted by Gasteiger charge is 2.13. The third kappa shape index (κ3) is 4.15. The average Bonchev–Trinajstić information content (AvgIpc) is 2.35. The molecule has 0 aromatic carbocycles. The van der Waals surface area contributed by atoms with Gasteiger partial charge in [0.2, 0.25) is 5.91 Å². The highest BCUT2D eigenvalue weighted by atomic mass is 16.2. The summed E-state index contributed by atoms with van der Waals surface area (Å²) in [7, 11) is 1.82. The van der Waals surface area contributed by atoms with Crippen LogP contribution in [0.15, 0.2) is 24.5 Å². The molecule has 0 saturated carbocycles. The Morgan fingerprint density at radius 3 is 2.71 bits per heavy atom. The Morgan fingerprint density at radius 1 is 1.47 bits per heavy atom. The van der Waals surface area contributed by atoms with Crippen molar-refractivity contribution in [2.45, 2.75) is 32.9 Å². The van der Waals surface area contributed by atoms with Gasteiger partial charge in [0.05, 0.1) is 6.54 Å². The number of hydrogen-bond donors (Lipinski definition) is 1. The molecule has 0 fully saturated rings. The third-order valence-electron chi connectivity index (χ3n) is 2.91. The molecule has 1 amide bonds. The smallest absolute Gasteiger partial charge is 0.236 e. The molecule has 0 radical (unpaired) electrons. The lowest BCUT2D eigenvalue weighted by molar-refractivity contribution is -0.130. The fourth-order valence-corrected chi connectivity index (χ4v) is 1.40. The van der Waals surface area contributed by atoms with Gasteiger partial charge in [-0.1, -0.05) is 6.07 Å². The molecule has 4 nitrogen and oxygen atoms in total. The Morgan fingerprint density at radius 2 is 2.18 bits per heavy atom. The van der Waals surface area contributed by atoms with Crippen LogP contribution in [0.4, 0.5) is 0 Å². The lowest BCUT2D eigenvalue weighted by Gasteiger charge is -2.23. The number of carbonyl (C=O) groups excluding carboxylic acids is 1. The first kappa shape index (κ1) is 13.6. The number of likely N-dealkylation sites (N-methyl/N-ethyl adjacent to an activating group) is 1. The van der Waals surface area contributed by atoms with Crippen molar-refractivity contribution in [2.75, 3.05) is 13.6 Å². The molecule has 4 heteroatoms. The minimum absolute atomic E-state index is 0.107. The fourth-order valence-electron chi connectivity index (χ4n) is 1.40. The molecule has 0 unspecified atom stereocenters. The maximum Gasteiger partial charge on any atom is 0.236 e. The lowest BCUT2D eigenvalue weighted by atomic mass is 10.1. The Balaban J connectivity index is 2.44. The first-order valence-corrected chi connectivity index (χ1v) is 5.91. The second-order valence-electron chi connectivity index (χ2n) is 4.49. The molecule has 0 bridgehead atoms. The predicted octanol–water partition coefficient (Wildman–Crippen LogP) is 1.60. The molecule has 1 heterocycles. The number of nitrogens with zero attached hydrogens (tertiary/aromatic N) is 2. The van der Waals surface area contributed by atoms with Crippen molar-refractivity contribution in [1.82, 2.24) is 15.2 Å². The zero-order chi connectivity index (χ0) is 12.8. The molecular weight excluding hydrogens is 214 g/mol. The number of nitrogens with one attached hydrogen (secondary N) is 1. The van der Waals surface area contributed by atoms with Crippen LogP contribution in [0.1, 0.15) is 32.4 Å². The molecule has 1 aromatic heterocycles. The maximum absolute atomic E-state index is 11.8. The number of hydrogen-bond acceptors (Lipinski definition) is 3. The van der Waals surface area contributed by atoms with Gasteiger partial charge in [-0.3, -0.25) is 9.78 Å². The Bertz CT molecular complexity index is 351. The zero-order valence-corrected chi connectivity index (χ0v) is 11.0. The van der Waals surface area contributed by atoms with Gasteiger partial charge in [0, 0.05) is 31.5 Å². The van der Waals surface area contributed by atoms with Gasteiger partial charge in [0.1, 0.15) is 0 Å². The fraction of sp³-hybridized carbons (Fsp3) is 0.538. The summed E-state index contributed by atoms with van der Waals surface area (Å²) in [6.45, 7) is 6.38. The minimum atomic E-state index is 0.107. The van der Waals surface area contributed by atoms with E-state index in [1.165, 1.54) is 0 Å². The zero-order valence-electron chi connectivity index (χ0n) is 11.0. The standard InChI is InChI=1S/C13H21N3O/c1-10(2)16(4)13(17)9-15-11(3)12-6-5-7-14-8-12/h5-8,10-11,15H,9H2,1-4H3/t11-/m1/s1.